The minimum Gasteiger partial charge on any atom is -0.398 e. The van der Waals surface area contributed by atoms with E-state index < -0.39 is 0 Å². The van der Waals surface area contributed by atoms with Gasteiger partial charge in [0.1, 0.15) is 0 Å². The van der Waals surface area contributed by atoms with E-state index in [0.29, 0.717) is 22.8 Å². The fraction of sp³-hybridized carbons (Fsp3) is 0.462. The smallest absolute Gasteiger partial charge is 0.253 e. The lowest BCUT2D eigenvalue weighted by molar-refractivity contribution is -0.895. The molecule has 0 radical (unpaired) electrons. The average Bonchev–Trinajstić information content (AvgIpc) is 2.37. The van der Waals surface area contributed by atoms with Gasteiger partial charge in [0.15, 0.2) is 0 Å². The Balaban J connectivity index is 2.53. The van der Waals surface area contributed by atoms with Gasteiger partial charge >= 0.3 is 0 Å². The predicted octanol–water partition coefficient (Wildman–Crippen LogP) is 0.577. The maximum absolute atomic E-state index is 11.9. The molecule has 0 aromatic heterocycles. The van der Waals surface area contributed by atoms with E-state index in [1.807, 2.05) is 0 Å². The van der Waals surface area contributed by atoms with E-state index in [9.17, 15) is 4.79 Å². The molecule has 0 aliphatic rings. The van der Waals surface area contributed by atoms with Crippen molar-refractivity contribution < 1.29 is 9.69 Å². The number of carbonyl (C=O) groups is 1. The van der Waals surface area contributed by atoms with Gasteiger partial charge < -0.3 is 16.0 Å². The van der Waals surface area contributed by atoms with Gasteiger partial charge in [-0.2, -0.15) is 0 Å². The summed E-state index contributed by atoms with van der Waals surface area (Å²) < 4.78 is 0. The third-order valence-corrected chi connectivity index (χ3v) is 3.26. The van der Waals surface area contributed by atoms with Gasteiger partial charge in [0.05, 0.1) is 31.7 Å². The lowest BCUT2D eigenvalue weighted by Crippen LogP contribution is -3.12. The summed E-state index contributed by atoms with van der Waals surface area (Å²) in [7, 11) is 0. The largest absolute Gasteiger partial charge is 0.398 e. The fourth-order valence-electron chi connectivity index (χ4n) is 1.78. The number of amides is 1. The molecule has 100 valence electrons. The van der Waals surface area contributed by atoms with Crippen molar-refractivity contribution in [1.82, 2.24) is 5.32 Å². The van der Waals surface area contributed by atoms with Crippen LogP contribution in [0.15, 0.2) is 18.2 Å². The molecule has 1 amide bonds. The quantitative estimate of drug-likeness (QED) is 0.662. The van der Waals surface area contributed by atoms with Crippen LogP contribution in [0.1, 0.15) is 24.2 Å². The number of carbonyl (C=O) groups excluding carboxylic acids is 1. The molecule has 0 saturated heterocycles. The Bertz CT molecular complexity index is 405. The Morgan fingerprint density at radius 2 is 2.06 bits per heavy atom. The number of benzene rings is 1. The molecule has 0 fully saturated rings. The van der Waals surface area contributed by atoms with Crippen molar-refractivity contribution in [2.75, 3.05) is 31.9 Å². The number of nitrogen functional groups attached to an aromatic ring is 1. The van der Waals surface area contributed by atoms with Crippen molar-refractivity contribution in [2.45, 2.75) is 13.8 Å². The summed E-state index contributed by atoms with van der Waals surface area (Å²) in [5.74, 6) is -0.165. The van der Waals surface area contributed by atoms with Crippen LogP contribution in [0.2, 0.25) is 5.02 Å². The molecule has 0 unspecified atom stereocenters. The van der Waals surface area contributed by atoms with Crippen LogP contribution >= 0.6 is 11.6 Å². The third kappa shape index (κ3) is 4.20. The van der Waals surface area contributed by atoms with E-state index in [0.717, 1.165) is 19.6 Å². The Morgan fingerprint density at radius 1 is 1.39 bits per heavy atom. The standard InChI is InChI=1S/C13H20ClN3O/c1-3-17(4-2)8-7-16-13(18)11-9-10(14)5-6-12(11)15/h5-6,9H,3-4,7-8,15H2,1-2H3,(H,16,18)/p+1. The second kappa shape index (κ2) is 7.24. The highest BCUT2D eigenvalue weighted by Gasteiger charge is 2.10. The van der Waals surface area contributed by atoms with Gasteiger partial charge in [0.25, 0.3) is 5.91 Å². The minimum atomic E-state index is -0.165. The summed E-state index contributed by atoms with van der Waals surface area (Å²) >= 11 is 5.85. The van der Waals surface area contributed by atoms with Gasteiger partial charge in [-0.05, 0) is 32.0 Å². The fourth-order valence-corrected chi connectivity index (χ4v) is 1.95. The number of quaternary nitrogens is 1. The SMILES string of the molecule is CC[NH+](CC)CCNC(=O)c1cc(Cl)ccc1N. The summed E-state index contributed by atoms with van der Waals surface area (Å²) in [6.45, 7) is 7.95. The summed E-state index contributed by atoms with van der Waals surface area (Å²) in [5.41, 5.74) is 6.64. The first kappa shape index (κ1) is 14.8. The number of nitrogens with two attached hydrogens (primary N) is 1. The highest BCUT2D eigenvalue weighted by atomic mass is 35.5. The first-order valence-corrected chi connectivity index (χ1v) is 6.63. The van der Waals surface area contributed by atoms with Crippen molar-refractivity contribution in [1.29, 1.82) is 0 Å². The molecule has 4 N–H and O–H groups in total. The topological polar surface area (TPSA) is 59.6 Å². The zero-order valence-electron chi connectivity index (χ0n) is 10.9. The molecule has 5 heteroatoms. The molecular formula is C13H21ClN3O+. The van der Waals surface area contributed by atoms with Crippen LogP contribution in [0.3, 0.4) is 0 Å². The first-order chi connectivity index (χ1) is 8.58. The van der Waals surface area contributed by atoms with Crippen LogP contribution in [-0.2, 0) is 0 Å². The van der Waals surface area contributed by atoms with Crippen LogP contribution in [0.25, 0.3) is 0 Å². The highest BCUT2D eigenvalue weighted by Crippen LogP contribution is 2.17. The zero-order valence-corrected chi connectivity index (χ0v) is 11.7. The number of likely N-dealkylation sites (N-methyl/N-ethyl adjacent to an activating group) is 1. The van der Waals surface area contributed by atoms with Crippen molar-refractivity contribution in [3.8, 4) is 0 Å². The van der Waals surface area contributed by atoms with Crippen molar-refractivity contribution in [3.63, 3.8) is 0 Å². The van der Waals surface area contributed by atoms with Gasteiger partial charge in [0.2, 0.25) is 0 Å². The van der Waals surface area contributed by atoms with Crippen molar-refractivity contribution in [2.24, 2.45) is 0 Å². The molecule has 0 heterocycles. The maximum atomic E-state index is 11.9. The lowest BCUT2D eigenvalue weighted by atomic mass is 10.1. The highest BCUT2D eigenvalue weighted by molar-refractivity contribution is 6.31. The summed E-state index contributed by atoms with van der Waals surface area (Å²) in [4.78, 5) is 13.4. The normalized spacial score (nSPS) is 10.7. The van der Waals surface area contributed by atoms with Crippen LogP contribution in [0.5, 0.6) is 0 Å². The number of nitrogens with one attached hydrogen (secondary N) is 2. The molecule has 1 rings (SSSR count). The third-order valence-electron chi connectivity index (χ3n) is 3.02. The molecule has 0 aliphatic heterocycles. The molecule has 0 spiro atoms. The van der Waals surface area contributed by atoms with Crippen LogP contribution in [0, 0.1) is 0 Å². The summed E-state index contributed by atoms with van der Waals surface area (Å²) in [6, 6.07) is 4.91. The van der Waals surface area contributed by atoms with Crippen LogP contribution in [-0.4, -0.2) is 32.1 Å². The second-order valence-electron chi connectivity index (χ2n) is 4.19. The van der Waals surface area contributed by atoms with Gasteiger partial charge in [-0.25, -0.2) is 0 Å². The number of hydrogen-bond donors (Lipinski definition) is 3. The van der Waals surface area contributed by atoms with Gasteiger partial charge in [0, 0.05) is 10.7 Å². The predicted molar refractivity (Wildman–Crippen MR) is 75.1 cm³/mol. The van der Waals surface area contributed by atoms with Crippen molar-refractivity contribution >= 4 is 23.2 Å². The molecule has 0 saturated carbocycles. The monoisotopic (exact) mass is 270 g/mol. The number of rotatable bonds is 6. The van der Waals surface area contributed by atoms with Crippen LogP contribution < -0.4 is 16.0 Å². The second-order valence-corrected chi connectivity index (χ2v) is 4.63. The van der Waals surface area contributed by atoms with E-state index in [2.05, 4.69) is 19.2 Å². The zero-order chi connectivity index (χ0) is 13.5. The molecule has 4 nitrogen and oxygen atoms in total. The summed E-state index contributed by atoms with van der Waals surface area (Å²) in [6.07, 6.45) is 0. The van der Waals surface area contributed by atoms with Gasteiger partial charge in [-0.15, -0.1) is 0 Å². The molecular weight excluding hydrogens is 250 g/mol. The maximum Gasteiger partial charge on any atom is 0.253 e. The Morgan fingerprint density at radius 3 is 2.67 bits per heavy atom. The molecule has 1 aromatic rings. The van der Waals surface area contributed by atoms with E-state index in [1.165, 1.54) is 4.90 Å². The number of halogens is 1. The molecule has 0 aliphatic carbocycles. The average molecular weight is 271 g/mol. The number of hydrogen-bond acceptors (Lipinski definition) is 2. The lowest BCUT2D eigenvalue weighted by Gasteiger charge is -2.15. The first-order valence-electron chi connectivity index (χ1n) is 6.25. The molecule has 1 aromatic carbocycles. The summed E-state index contributed by atoms with van der Waals surface area (Å²) in [5, 5.41) is 3.39. The Labute approximate surface area is 113 Å². The van der Waals surface area contributed by atoms with Crippen LogP contribution in [0.4, 0.5) is 5.69 Å². The number of anilines is 1. The molecule has 0 bridgehead atoms. The van der Waals surface area contributed by atoms with E-state index >= 15 is 0 Å². The minimum absolute atomic E-state index is 0.165. The van der Waals surface area contributed by atoms with Crippen molar-refractivity contribution in [3.05, 3.63) is 28.8 Å². The van der Waals surface area contributed by atoms with E-state index in [4.69, 9.17) is 17.3 Å². The Hall–Kier alpha value is -1.26. The van der Waals surface area contributed by atoms with Gasteiger partial charge in [-0.3, -0.25) is 4.79 Å². The van der Waals surface area contributed by atoms with Gasteiger partial charge in [-0.1, -0.05) is 11.6 Å². The molecule has 18 heavy (non-hydrogen) atoms. The van der Waals surface area contributed by atoms with E-state index in [1.54, 1.807) is 18.2 Å². The van der Waals surface area contributed by atoms with E-state index in [-0.39, 0.29) is 5.91 Å². The molecule has 0 atom stereocenters. The Kier molecular flexibility index (Phi) is 5.95.